The van der Waals surface area contributed by atoms with E-state index in [9.17, 15) is 4.79 Å². The Morgan fingerprint density at radius 3 is 3.00 bits per heavy atom. The predicted molar refractivity (Wildman–Crippen MR) is 46.6 cm³/mol. The van der Waals surface area contributed by atoms with Crippen molar-refractivity contribution in [1.29, 1.82) is 0 Å². The number of carbonyl (C=O) groups is 1. The summed E-state index contributed by atoms with van der Waals surface area (Å²) in [7, 11) is 0. The average molecular weight is 177 g/mol. The molecule has 0 aliphatic carbocycles. The fraction of sp³-hybridized carbons (Fsp3) is 0. The monoisotopic (exact) mass is 177 g/mol. The highest BCUT2D eigenvalue weighted by molar-refractivity contribution is 5.87. The van der Waals surface area contributed by atoms with E-state index in [1.165, 1.54) is 16.7 Å². The number of imidazole rings is 1. The number of rotatable bonds is 1. The number of carboxylic acid groups (broad SMARTS) is 1. The van der Waals surface area contributed by atoms with E-state index in [1.54, 1.807) is 12.3 Å². The lowest BCUT2D eigenvalue weighted by Gasteiger charge is -1.97. The van der Waals surface area contributed by atoms with Crippen LogP contribution in [0.2, 0.25) is 0 Å². The summed E-state index contributed by atoms with van der Waals surface area (Å²) in [6, 6.07) is 3.17. The van der Waals surface area contributed by atoms with Crippen LogP contribution in [-0.2, 0) is 0 Å². The van der Waals surface area contributed by atoms with E-state index in [-0.39, 0.29) is 11.5 Å². The number of carboxylic acids is 1. The van der Waals surface area contributed by atoms with Crippen LogP contribution in [0.25, 0.3) is 5.52 Å². The molecule has 0 bridgehead atoms. The molecule has 0 aliphatic heterocycles. The minimum Gasteiger partial charge on any atom is -0.478 e. The summed E-state index contributed by atoms with van der Waals surface area (Å²) >= 11 is 0. The Morgan fingerprint density at radius 1 is 1.54 bits per heavy atom. The Labute approximate surface area is 73.4 Å². The molecule has 0 fully saturated rings. The first kappa shape index (κ1) is 7.60. The summed E-state index contributed by atoms with van der Waals surface area (Å²) in [6.07, 6.45) is 3.03. The standard InChI is InChI=1S/C8H7N3O2/c9-8-10-3-6-2-1-5(7(12)13)4-11(6)8/h1-4H,(H2,9,10)(H,12,13). The van der Waals surface area contributed by atoms with Crippen LogP contribution in [0, 0.1) is 0 Å². The molecule has 5 nitrogen and oxygen atoms in total. The van der Waals surface area contributed by atoms with Crippen molar-refractivity contribution in [1.82, 2.24) is 9.38 Å². The molecule has 2 heterocycles. The van der Waals surface area contributed by atoms with E-state index in [0.29, 0.717) is 0 Å². The lowest BCUT2D eigenvalue weighted by atomic mass is 10.3. The molecular formula is C8H7N3O2. The first-order valence-corrected chi connectivity index (χ1v) is 3.64. The Bertz CT molecular complexity index is 475. The Morgan fingerprint density at radius 2 is 2.31 bits per heavy atom. The fourth-order valence-corrected chi connectivity index (χ4v) is 1.14. The topological polar surface area (TPSA) is 80.6 Å². The van der Waals surface area contributed by atoms with Crippen molar-refractivity contribution < 1.29 is 9.90 Å². The molecule has 5 heteroatoms. The van der Waals surface area contributed by atoms with Crippen molar-refractivity contribution in [3.63, 3.8) is 0 Å². The van der Waals surface area contributed by atoms with Gasteiger partial charge in [-0.15, -0.1) is 0 Å². The van der Waals surface area contributed by atoms with Gasteiger partial charge in [0.25, 0.3) is 0 Å². The van der Waals surface area contributed by atoms with Gasteiger partial charge >= 0.3 is 5.97 Å². The Kier molecular flexibility index (Phi) is 1.45. The molecule has 0 saturated carbocycles. The van der Waals surface area contributed by atoms with Gasteiger partial charge in [-0.25, -0.2) is 9.78 Å². The molecule has 0 radical (unpaired) electrons. The van der Waals surface area contributed by atoms with Crippen molar-refractivity contribution in [2.75, 3.05) is 5.73 Å². The molecule has 2 aromatic heterocycles. The Hall–Kier alpha value is -2.04. The molecule has 0 atom stereocenters. The normalized spacial score (nSPS) is 10.5. The molecule has 66 valence electrons. The number of nitrogens with two attached hydrogens (primary N) is 1. The van der Waals surface area contributed by atoms with Gasteiger partial charge in [0.15, 0.2) is 0 Å². The number of hydrogen-bond acceptors (Lipinski definition) is 3. The summed E-state index contributed by atoms with van der Waals surface area (Å²) < 4.78 is 1.53. The molecule has 0 aliphatic rings. The highest BCUT2D eigenvalue weighted by atomic mass is 16.4. The highest BCUT2D eigenvalue weighted by Gasteiger charge is 2.05. The summed E-state index contributed by atoms with van der Waals surface area (Å²) in [6.45, 7) is 0. The minimum absolute atomic E-state index is 0.192. The van der Waals surface area contributed by atoms with E-state index in [2.05, 4.69) is 4.98 Å². The molecule has 3 N–H and O–H groups in total. The smallest absolute Gasteiger partial charge is 0.337 e. The van der Waals surface area contributed by atoms with E-state index < -0.39 is 5.97 Å². The van der Waals surface area contributed by atoms with Crippen LogP contribution in [0.1, 0.15) is 10.4 Å². The third-order valence-corrected chi connectivity index (χ3v) is 1.80. The number of anilines is 1. The lowest BCUT2D eigenvalue weighted by molar-refractivity contribution is 0.0696. The SMILES string of the molecule is Nc1ncc2ccc(C(=O)O)cn12. The molecule has 13 heavy (non-hydrogen) atoms. The summed E-state index contributed by atoms with van der Waals surface area (Å²) in [5.41, 5.74) is 6.48. The van der Waals surface area contributed by atoms with Gasteiger partial charge in [-0.1, -0.05) is 0 Å². The van der Waals surface area contributed by atoms with Crippen molar-refractivity contribution in [2.24, 2.45) is 0 Å². The predicted octanol–water partition coefficient (Wildman–Crippen LogP) is 0.615. The van der Waals surface area contributed by atoms with E-state index in [4.69, 9.17) is 10.8 Å². The molecule has 0 spiro atoms. The van der Waals surface area contributed by atoms with Crippen LogP contribution < -0.4 is 5.73 Å². The summed E-state index contributed by atoms with van der Waals surface area (Å²) in [4.78, 5) is 14.4. The zero-order valence-electron chi connectivity index (χ0n) is 6.64. The van der Waals surface area contributed by atoms with Crippen LogP contribution in [0.15, 0.2) is 24.5 Å². The van der Waals surface area contributed by atoms with E-state index in [0.717, 1.165) is 5.52 Å². The number of aromatic nitrogens is 2. The van der Waals surface area contributed by atoms with Crippen LogP contribution >= 0.6 is 0 Å². The van der Waals surface area contributed by atoms with E-state index >= 15 is 0 Å². The molecule has 0 amide bonds. The number of pyridine rings is 1. The maximum Gasteiger partial charge on any atom is 0.337 e. The molecule has 2 rings (SSSR count). The molecule has 0 aromatic carbocycles. The Balaban J connectivity index is 2.72. The van der Waals surface area contributed by atoms with Crippen molar-refractivity contribution in [3.8, 4) is 0 Å². The van der Waals surface area contributed by atoms with Crippen molar-refractivity contribution in [3.05, 3.63) is 30.1 Å². The summed E-state index contributed by atoms with van der Waals surface area (Å²) in [5, 5.41) is 8.70. The van der Waals surface area contributed by atoms with Gasteiger partial charge < -0.3 is 10.8 Å². The second-order valence-electron chi connectivity index (χ2n) is 2.63. The maximum atomic E-state index is 10.6. The molecule has 2 aromatic rings. The van der Waals surface area contributed by atoms with Gasteiger partial charge in [0.1, 0.15) is 0 Å². The van der Waals surface area contributed by atoms with Gasteiger partial charge in [0.05, 0.1) is 17.3 Å². The lowest BCUT2D eigenvalue weighted by Crippen LogP contribution is -2.00. The molecular weight excluding hydrogens is 170 g/mol. The number of aromatic carboxylic acids is 1. The first-order chi connectivity index (χ1) is 6.18. The number of fused-ring (bicyclic) bond motifs is 1. The van der Waals surface area contributed by atoms with Gasteiger partial charge in [-0.2, -0.15) is 0 Å². The van der Waals surface area contributed by atoms with Gasteiger partial charge in [-0.05, 0) is 12.1 Å². The quantitative estimate of drug-likeness (QED) is 0.668. The minimum atomic E-state index is -0.977. The highest BCUT2D eigenvalue weighted by Crippen LogP contribution is 2.10. The van der Waals surface area contributed by atoms with Crippen LogP contribution in [0.3, 0.4) is 0 Å². The van der Waals surface area contributed by atoms with Crippen LogP contribution in [0.4, 0.5) is 5.95 Å². The number of nitrogen functional groups attached to an aromatic ring is 1. The second-order valence-corrected chi connectivity index (χ2v) is 2.63. The first-order valence-electron chi connectivity index (χ1n) is 3.64. The molecule has 0 unspecified atom stereocenters. The van der Waals surface area contributed by atoms with Gasteiger partial charge in [-0.3, -0.25) is 4.40 Å². The van der Waals surface area contributed by atoms with Gasteiger partial charge in [0, 0.05) is 6.20 Å². The zero-order chi connectivity index (χ0) is 9.42. The van der Waals surface area contributed by atoms with Gasteiger partial charge in [0.2, 0.25) is 5.95 Å². The largest absolute Gasteiger partial charge is 0.478 e. The third kappa shape index (κ3) is 1.10. The third-order valence-electron chi connectivity index (χ3n) is 1.80. The van der Waals surface area contributed by atoms with Crippen molar-refractivity contribution in [2.45, 2.75) is 0 Å². The van der Waals surface area contributed by atoms with E-state index in [1.807, 2.05) is 0 Å². The second kappa shape index (κ2) is 2.48. The van der Waals surface area contributed by atoms with Crippen LogP contribution in [0.5, 0.6) is 0 Å². The average Bonchev–Trinajstić information content (AvgIpc) is 2.47. The number of nitrogens with zero attached hydrogens (tertiary/aromatic N) is 2. The summed E-state index contributed by atoms with van der Waals surface area (Å²) in [5.74, 6) is -0.687. The van der Waals surface area contributed by atoms with Crippen molar-refractivity contribution >= 4 is 17.4 Å². The maximum absolute atomic E-state index is 10.6. The fourth-order valence-electron chi connectivity index (χ4n) is 1.14. The molecule has 0 saturated heterocycles. The van der Waals surface area contributed by atoms with Crippen LogP contribution in [-0.4, -0.2) is 20.5 Å². The zero-order valence-corrected chi connectivity index (χ0v) is 6.64. The number of hydrogen-bond donors (Lipinski definition) is 2.